The quantitative estimate of drug-likeness (QED) is 0.566. The molecule has 2 aromatic carbocycles. The molecule has 28 heavy (non-hydrogen) atoms. The molecule has 4 rings (SSSR count). The van der Waals surface area contributed by atoms with E-state index >= 15 is 0 Å². The molecule has 1 N–H and O–H groups in total. The number of anilines is 1. The van der Waals surface area contributed by atoms with Gasteiger partial charge in [-0.15, -0.1) is 23.4 Å². The van der Waals surface area contributed by atoms with Gasteiger partial charge in [0.1, 0.15) is 10.6 Å². The molecule has 0 saturated carbocycles. The van der Waals surface area contributed by atoms with Gasteiger partial charge < -0.3 is 5.11 Å². The van der Waals surface area contributed by atoms with Crippen LogP contribution in [0.15, 0.2) is 53.4 Å². The first-order chi connectivity index (χ1) is 13.2. The van der Waals surface area contributed by atoms with Crippen molar-refractivity contribution in [1.29, 1.82) is 0 Å². The summed E-state index contributed by atoms with van der Waals surface area (Å²) in [7, 11) is 0. The molecule has 0 spiro atoms. The minimum Gasteiger partial charge on any atom is -0.480 e. The van der Waals surface area contributed by atoms with Crippen molar-refractivity contribution in [2.24, 2.45) is 0 Å². The monoisotopic (exact) mass is 427 g/mol. The van der Waals surface area contributed by atoms with Crippen molar-refractivity contribution >= 4 is 40.9 Å². The highest BCUT2D eigenvalue weighted by Gasteiger charge is 2.63. The van der Waals surface area contributed by atoms with Crippen molar-refractivity contribution in [3.05, 3.63) is 59.7 Å². The number of carbonyl (C=O) groups is 2. The Kier molecular flexibility index (Phi) is 4.39. The predicted octanol–water partition coefficient (Wildman–Crippen LogP) is 4.50. The SMILES string of the molecule is O=C(O)C1CC2(c3ccccc3)C(Cl)C(=O)N2c2ccc(C(F)(F)F)cc2S1. The van der Waals surface area contributed by atoms with E-state index in [-0.39, 0.29) is 17.0 Å². The summed E-state index contributed by atoms with van der Waals surface area (Å²) >= 11 is 7.21. The van der Waals surface area contributed by atoms with Gasteiger partial charge in [0.15, 0.2) is 0 Å². The lowest BCUT2D eigenvalue weighted by atomic mass is 9.73. The van der Waals surface area contributed by atoms with Crippen LogP contribution >= 0.6 is 23.4 Å². The summed E-state index contributed by atoms with van der Waals surface area (Å²) in [5.41, 5.74) is -1.15. The van der Waals surface area contributed by atoms with Gasteiger partial charge in [-0.2, -0.15) is 13.2 Å². The van der Waals surface area contributed by atoms with Crippen LogP contribution in [0.3, 0.4) is 0 Å². The first-order valence-electron chi connectivity index (χ1n) is 8.30. The third-order valence-corrected chi connectivity index (χ3v) is 6.88. The normalized spacial score (nSPS) is 26.7. The fourth-order valence-corrected chi connectivity index (χ4v) is 5.42. The molecule has 0 radical (unpaired) electrons. The van der Waals surface area contributed by atoms with Crippen LogP contribution < -0.4 is 4.90 Å². The second-order valence-corrected chi connectivity index (χ2v) is 8.34. The number of hydrogen-bond acceptors (Lipinski definition) is 3. The van der Waals surface area contributed by atoms with Gasteiger partial charge in [-0.1, -0.05) is 30.3 Å². The summed E-state index contributed by atoms with van der Waals surface area (Å²) < 4.78 is 39.5. The van der Waals surface area contributed by atoms with Crippen molar-refractivity contribution in [3.8, 4) is 0 Å². The predicted molar refractivity (Wildman–Crippen MR) is 98.6 cm³/mol. The number of β-lactam (4-membered cyclic amide) rings is 1. The summed E-state index contributed by atoms with van der Waals surface area (Å²) in [5.74, 6) is -1.63. The molecule has 2 aromatic rings. The molecule has 2 aliphatic heterocycles. The lowest BCUT2D eigenvalue weighted by molar-refractivity contribution is -0.138. The number of carboxylic acids is 1. The zero-order valence-electron chi connectivity index (χ0n) is 14.1. The van der Waals surface area contributed by atoms with E-state index in [1.807, 2.05) is 0 Å². The number of aliphatic carboxylic acids is 1. The molecule has 3 atom stereocenters. The van der Waals surface area contributed by atoms with Gasteiger partial charge in [-0.05, 0) is 23.8 Å². The van der Waals surface area contributed by atoms with Crippen LogP contribution in [0.4, 0.5) is 18.9 Å². The van der Waals surface area contributed by atoms with Crippen molar-refractivity contribution in [3.63, 3.8) is 0 Å². The number of thioether (sulfide) groups is 1. The minimum absolute atomic E-state index is 0.0209. The van der Waals surface area contributed by atoms with Crippen molar-refractivity contribution in [1.82, 2.24) is 0 Å². The molecule has 0 bridgehead atoms. The largest absolute Gasteiger partial charge is 0.480 e. The van der Waals surface area contributed by atoms with Crippen LogP contribution in [0.25, 0.3) is 0 Å². The molecule has 2 heterocycles. The Hall–Kier alpha value is -2.19. The Balaban J connectivity index is 1.94. The van der Waals surface area contributed by atoms with E-state index in [4.69, 9.17) is 11.6 Å². The Bertz CT molecular complexity index is 969. The van der Waals surface area contributed by atoms with E-state index in [1.165, 1.54) is 11.0 Å². The van der Waals surface area contributed by atoms with Crippen molar-refractivity contribution in [2.45, 2.75) is 33.7 Å². The van der Waals surface area contributed by atoms with Gasteiger partial charge >= 0.3 is 12.1 Å². The van der Waals surface area contributed by atoms with Crippen LogP contribution in [0.2, 0.25) is 0 Å². The Morgan fingerprint density at radius 3 is 2.50 bits per heavy atom. The summed E-state index contributed by atoms with van der Waals surface area (Å²) in [6.07, 6.45) is -4.60. The maximum absolute atomic E-state index is 13.2. The maximum Gasteiger partial charge on any atom is 0.416 e. The summed E-state index contributed by atoms with van der Waals surface area (Å²) in [6.45, 7) is 0. The summed E-state index contributed by atoms with van der Waals surface area (Å²) in [4.78, 5) is 26.0. The Morgan fingerprint density at radius 2 is 1.89 bits per heavy atom. The molecule has 1 saturated heterocycles. The first-order valence-corrected chi connectivity index (χ1v) is 9.62. The third kappa shape index (κ3) is 2.69. The molecule has 1 fully saturated rings. The second-order valence-electron chi connectivity index (χ2n) is 6.66. The fraction of sp³-hybridized carbons (Fsp3) is 0.263. The standard InChI is InChI=1S/C19H13ClF3NO3S/c20-15-16(25)24-12-7-6-11(19(21,22)23)8-13(12)28-14(17(26)27)9-18(15,24)10-4-2-1-3-5-10/h1-8,14-15H,9H2,(H,26,27). The molecule has 2 aliphatic rings. The highest BCUT2D eigenvalue weighted by Crippen LogP contribution is 2.57. The number of fused-ring (bicyclic) bond motifs is 3. The Morgan fingerprint density at radius 1 is 1.21 bits per heavy atom. The van der Waals surface area contributed by atoms with Crippen LogP contribution in [0, 0.1) is 0 Å². The van der Waals surface area contributed by atoms with E-state index in [1.54, 1.807) is 30.3 Å². The zero-order chi connectivity index (χ0) is 20.3. The number of carboxylic acid groups (broad SMARTS) is 1. The number of hydrogen-bond donors (Lipinski definition) is 1. The average Bonchev–Trinajstić information content (AvgIpc) is 2.80. The Labute approximate surface area is 167 Å². The number of rotatable bonds is 2. The third-order valence-electron chi connectivity index (χ3n) is 5.10. The summed E-state index contributed by atoms with van der Waals surface area (Å²) in [6, 6.07) is 11.8. The molecule has 0 aliphatic carbocycles. The molecular formula is C19H13ClF3NO3S. The van der Waals surface area contributed by atoms with Gasteiger partial charge in [0.2, 0.25) is 5.91 Å². The van der Waals surface area contributed by atoms with E-state index < -0.39 is 39.8 Å². The highest BCUT2D eigenvalue weighted by atomic mass is 35.5. The topological polar surface area (TPSA) is 57.6 Å². The number of halogens is 4. The van der Waals surface area contributed by atoms with Gasteiger partial charge in [-0.3, -0.25) is 14.5 Å². The van der Waals surface area contributed by atoms with Crippen LogP contribution in [-0.2, 0) is 21.3 Å². The van der Waals surface area contributed by atoms with E-state index in [9.17, 15) is 27.9 Å². The van der Waals surface area contributed by atoms with Gasteiger partial charge in [0, 0.05) is 11.3 Å². The number of benzene rings is 2. The summed E-state index contributed by atoms with van der Waals surface area (Å²) in [5, 5.41) is 7.59. The molecular weight excluding hydrogens is 415 g/mol. The van der Waals surface area contributed by atoms with Crippen LogP contribution in [-0.4, -0.2) is 27.6 Å². The second kappa shape index (κ2) is 6.42. The molecule has 1 amide bonds. The number of nitrogens with zero attached hydrogens (tertiary/aromatic N) is 1. The van der Waals surface area contributed by atoms with E-state index in [0.717, 1.165) is 23.9 Å². The number of carbonyl (C=O) groups excluding carboxylic acids is 1. The molecule has 4 nitrogen and oxygen atoms in total. The highest BCUT2D eigenvalue weighted by molar-refractivity contribution is 8.00. The molecule has 0 aromatic heterocycles. The van der Waals surface area contributed by atoms with Crippen molar-refractivity contribution in [2.75, 3.05) is 4.90 Å². The zero-order valence-corrected chi connectivity index (χ0v) is 15.7. The smallest absolute Gasteiger partial charge is 0.416 e. The number of amides is 1. The molecule has 146 valence electrons. The van der Waals surface area contributed by atoms with E-state index in [0.29, 0.717) is 5.56 Å². The van der Waals surface area contributed by atoms with Gasteiger partial charge in [0.05, 0.1) is 16.8 Å². The van der Waals surface area contributed by atoms with E-state index in [2.05, 4.69) is 0 Å². The van der Waals surface area contributed by atoms with Crippen LogP contribution in [0.5, 0.6) is 0 Å². The lowest BCUT2D eigenvalue weighted by Crippen LogP contribution is -2.71. The minimum atomic E-state index is -4.58. The first kappa shape index (κ1) is 19.1. The van der Waals surface area contributed by atoms with Crippen LogP contribution in [0.1, 0.15) is 17.5 Å². The van der Waals surface area contributed by atoms with Gasteiger partial charge in [0.25, 0.3) is 0 Å². The fourth-order valence-electron chi connectivity index (χ4n) is 3.79. The average molecular weight is 428 g/mol. The molecule has 9 heteroatoms. The van der Waals surface area contributed by atoms with Crippen molar-refractivity contribution < 1.29 is 27.9 Å². The number of alkyl halides is 4. The molecule has 3 unspecified atom stereocenters. The lowest BCUT2D eigenvalue weighted by Gasteiger charge is -2.55. The maximum atomic E-state index is 13.2. The van der Waals surface area contributed by atoms with Gasteiger partial charge in [-0.25, -0.2) is 0 Å².